The molecule has 0 aliphatic rings. The van der Waals surface area contributed by atoms with Gasteiger partial charge in [-0.3, -0.25) is 4.31 Å². The second-order valence-corrected chi connectivity index (χ2v) is 8.19. The third-order valence-corrected chi connectivity index (χ3v) is 5.86. The Morgan fingerprint density at radius 2 is 1.72 bits per heavy atom. The molecule has 2 rings (SSSR count). The molecule has 0 amide bonds. The first kappa shape index (κ1) is 19.2. The van der Waals surface area contributed by atoms with E-state index in [1.165, 1.54) is 11.4 Å². The molecule has 0 radical (unpaired) electrons. The number of allylic oxidation sites excluding steroid dienone is 1. The van der Waals surface area contributed by atoms with E-state index in [0.717, 1.165) is 17.5 Å². The zero-order chi connectivity index (χ0) is 18.3. The lowest BCUT2D eigenvalue weighted by Crippen LogP contribution is -2.21. The normalized spacial score (nSPS) is 13.1. The minimum atomic E-state index is -3.54. The van der Waals surface area contributed by atoms with Gasteiger partial charge in [-0.2, -0.15) is 0 Å². The van der Waals surface area contributed by atoms with Gasteiger partial charge in [0.15, 0.2) is 0 Å². The maximum Gasteiger partial charge on any atom is 0.263 e. The average Bonchev–Trinajstić information content (AvgIpc) is 2.62. The molecule has 2 aromatic carbocycles. The van der Waals surface area contributed by atoms with E-state index in [-0.39, 0.29) is 17.4 Å². The van der Waals surface area contributed by atoms with Crippen LogP contribution < -0.4 is 0 Å². The fourth-order valence-corrected chi connectivity index (χ4v) is 3.59. The van der Waals surface area contributed by atoms with E-state index < -0.39 is 10.0 Å². The van der Waals surface area contributed by atoms with Crippen LogP contribution in [0.4, 0.5) is 0 Å². The smallest absolute Gasteiger partial charge is 0.263 e. The highest BCUT2D eigenvalue weighted by Gasteiger charge is 2.17. The summed E-state index contributed by atoms with van der Waals surface area (Å²) in [6.07, 6.45) is 4.73. The molecule has 4 nitrogen and oxygen atoms in total. The molecule has 134 valence electrons. The molecule has 0 aliphatic heterocycles. The van der Waals surface area contributed by atoms with Gasteiger partial charge in [0, 0.05) is 19.9 Å². The van der Waals surface area contributed by atoms with Crippen LogP contribution in [0.1, 0.15) is 17.5 Å². The molecule has 0 fully saturated rings. The molecular weight excluding hydrogens is 334 g/mol. The molecule has 25 heavy (non-hydrogen) atoms. The van der Waals surface area contributed by atoms with Gasteiger partial charge in [-0.25, -0.2) is 8.42 Å². The van der Waals surface area contributed by atoms with Gasteiger partial charge in [0.25, 0.3) is 10.0 Å². The average molecular weight is 359 g/mol. The van der Waals surface area contributed by atoms with E-state index in [0.29, 0.717) is 6.42 Å². The first-order valence-electron chi connectivity index (χ1n) is 8.29. The summed E-state index contributed by atoms with van der Waals surface area (Å²) in [7, 11) is -2.01. The summed E-state index contributed by atoms with van der Waals surface area (Å²) in [5, 5.41) is 9.55. The van der Waals surface area contributed by atoms with Gasteiger partial charge < -0.3 is 5.11 Å². The minimum absolute atomic E-state index is 0.0632. The number of hydrogen-bond donors (Lipinski definition) is 1. The van der Waals surface area contributed by atoms with Crippen LogP contribution in [0.5, 0.6) is 0 Å². The fraction of sp³-hybridized carbons (Fsp3) is 0.300. The highest BCUT2D eigenvalue weighted by Crippen LogP contribution is 2.17. The Balaban J connectivity index is 1.98. The van der Waals surface area contributed by atoms with E-state index in [4.69, 9.17) is 0 Å². The highest BCUT2D eigenvalue weighted by molar-refractivity contribution is 7.89. The largest absolute Gasteiger partial charge is 0.396 e. The van der Waals surface area contributed by atoms with Gasteiger partial charge in [0.2, 0.25) is 0 Å². The zero-order valence-electron chi connectivity index (χ0n) is 14.7. The Kier molecular flexibility index (Phi) is 6.79. The van der Waals surface area contributed by atoms with Crippen LogP contribution in [0.15, 0.2) is 71.8 Å². The molecule has 0 saturated heterocycles. The van der Waals surface area contributed by atoms with Gasteiger partial charge in [-0.05, 0) is 43.4 Å². The van der Waals surface area contributed by atoms with Crippen molar-refractivity contribution in [3.8, 4) is 0 Å². The van der Waals surface area contributed by atoms with Gasteiger partial charge in [-0.15, -0.1) is 0 Å². The van der Waals surface area contributed by atoms with Crippen molar-refractivity contribution in [1.82, 2.24) is 4.31 Å². The molecule has 5 heteroatoms. The molecule has 2 aromatic rings. The maximum atomic E-state index is 12.5. The van der Waals surface area contributed by atoms with Crippen molar-refractivity contribution in [3.63, 3.8) is 0 Å². The number of benzene rings is 2. The predicted octanol–water partition coefficient (Wildman–Crippen LogP) is 3.37. The monoisotopic (exact) mass is 359 g/mol. The molecule has 1 atom stereocenters. The summed E-state index contributed by atoms with van der Waals surface area (Å²) >= 11 is 0. The zero-order valence-corrected chi connectivity index (χ0v) is 15.5. The Morgan fingerprint density at radius 1 is 1.08 bits per heavy atom. The third-order valence-electron chi connectivity index (χ3n) is 4.11. The topological polar surface area (TPSA) is 57.6 Å². The number of aliphatic hydroxyl groups excluding tert-OH is 1. The SMILES string of the molecule is Cc1ccc(S(=O)(=O)N(C)/C=C/CC(CO)Cc2ccccc2)cc1. The summed E-state index contributed by atoms with van der Waals surface area (Å²) in [6.45, 7) is 1.98. The second-order valence-electron chi connectivity index (χ2n) is 6.19. The summed E-state index contributed by atoms with van der Waals surface area (Å²) in [6, 6.07) is 16.8. The standard InChI is InChI=1S/C20H25NO3S/c1-17-10-12-20(13-11-17)25(23,24)21(2)14-6-9-19(16-22)15-18-7-4-3-5-8-18/h3-8,10-14,19,22H,9,15-16H2,1-2H3/b14-6+. The Bertz CT molecular complexity index is 783. The Labute approximate surface area is 150 Å². The van der Waals surface area contributed by atoms with Crippen molar-refractivity contribution < 1.29 is 13.5 Å². The molecule has 0 bridgehead atoms. The Morgan fingerprint density at radius 3 is 2.32 bits per heavy atom. The first-order valence-corrected chi connectivity index (χ1v) is 9.73. The van der Waals surface area contributed by atoms with Crippen LogP contribution in [-0.4, -0.2) is 31.5 Å². The number of nitrogens with zero attached hydrogens (tertiary/aromatic N) is 1. The van der Waals surface area contributed by atoms with Crippen molar-refractivity contribution in [2.75, 3.05) is 13.7 Å². The molecule has 0 aliphatic carbocycles. The van der Waals surface area contributed by atoms with E-state index in [9.17, 15) is 13.5 Å². The van der Waals surface area contributed by atoms with Gasteiger partial charge in [0.1, 0.15) is 0 Å². The fourth-order valence-electron chi connectivity index (χ4n) is 2.53. The molecule has 1 N–H and O–H groups in total. The van der Waals surface area contributed by atoms with Gasteiger partial charge >= 0.3 is 0 Å². The number of rotatable bonds is 8. The summed E-state index contributed by atoms with van der Waals surface area (Å²) in [4.78, 5) is 0.272. The van der Waals surface area contributed by atoms with Crippen molar-refractivity contribution in [3.05, 3.63) is 78.0 Å². The lowest BCUT2D eigenvalue weighted by atomic mass is 9.97. The van der Waals surface area contributed by atoms with Crippen LogP contribution >= 0.6 is 0 Å². The van der Waals surface area contributed by atoms with Crippen LogP contribution in [0.3, 0.4) is 0 Å². The third kappa shape index (κ3) is 5.44. The van der Waals surface area contributed by atoms with Crippen molar-refractivity contribution in [2.24, 2.45) is 5.92 Å². The minimum Gasteiger partial charge on any atom is -0.396 e. The van der Waals surface area contributed by atoms with Crippen LogP contribution in [0.25, 0.3) is 0 Å². The van der Waals surface area contributed by atoms with Crippen molar-refractivity contribution >= 4 is 10.0 Å². The summed E-state index contributed by atoms with van der Waals surface area (Å²) < 4.78 is 26.2. The molecule has 1 unspecified atom stereocenters. The number of sulfonamides is 1. The first-order chi connectivity index (χ1) is 11.9. The molecule has 0 aromatic heterocycles. The van der Waals surface area contributed by atoms with Crippen LogP contribution in [-0.2, 0) is 16.4 Å². The van der Waals surface area contributed by atoms with Crippen molar-refractivity contribution in [2.45, 2.75) is 24.7 Å². The van der Waals surface area contributed by atoms with Crippen molar-refractivity contribution in [1.29, 1.82) is 0 Å². The van der Waals surface area contributed by atoms with Gasteiger partial charge in [-0.1, -0.05) is 54.1 Å². The van der Waals surface area contributed by atoms with E-state index in [2.05, 4.69) is 0 Å². The molecular formula is C20H25NO3S. The lowest BCUT2D eigenvalue weighted by Gasteiger charge is -2.16. The molecule has 0 spiro atoms. The second kappa shape index (κ2) is 8.83. The molecule has 0 heterocycles. The summed E-state index contributed by atoms with van der Waals surface area (Å²) in [5.41, 5.74) is 2.18. The predicted molar refractivity (Wildman–Crippen MR) is 101 cm³/mol. The van der Waals surface area contributed by atoms with Gasteiger partial charge in [0.05, 0.1) is 4.90 Å². The number of hydrogen-bond acceptors (Lipinski definition) is 3. The Hall–Kier alpha value is -2.11. The van der Waals surface area contributed by atoms with E-state index in [1.807, 2.05) is 37.3 Å². The quantitative estimate of drug-likeness (QED) is 0.786. The van der Waals surface area contributed by atoms with Crippen LogP contribution in [0.2, 0.25) is 0 Å². The van der Waals surface area contributed by atoms with E-state index >= 15 is 0 Å². The molecule has 0 saturated carbocycles. The highest BCUT2D eigenvalue weighted by atomic mass is 32.2. The maximum absolute atomic E-state index is 12.5. The van der Waals surface area contributed by atoms with E-state index in [1.54, 1.807) is 36.5 Å². The summed E-state index contributed by atoms with van der Waals surface area (Å²) in [5.74, 6) is 0.0640. The lowest BCUT2D eigenvalue weighted by molar-refractivity contribution is 0.226. The number of aliphatic hydroxyl groups is 1. The van der Waals surface area contributed by atoms with Crippen LogP contribution in [0, 0.1) is 12.8 Å². The number of aryl methyl sites for hydroxylation is 1.